The average Bonchev–Trinajstić information content (AvgIpc) is 3.28. The summed E-state index contributed by atoms with van der Waals surface area (Å²) in [6, 6.07) is 16.8. The van der Waals surface area contributed by atoms with Crippen LogP contribution >= 0.6 is 0 Å². The van der Waals surface area contributed by atoms with Gasteiger partial charge in [-0.05, 0) is 41.0 Å². The van der Waals surface area contributed by atoms with Crippen LogP contribution in [0.5, 0.6) is 0 Å². The summed E-state index contributed by atoms with van der Waals surface area (Å²) in [6.45, 7) is 12.6. The van der Waals surface area contributed by atoms with Gasteiger partial charge in [-0.2, -0.15) is 0 Å². The van der Waals surface area contributed by atoms with E-state index in [0.717, 1.165) is 17.5 Å². The summed E-state index contributed by atoms with van der Waals surface area (Å²) in [4.78, 5) is 33.5. The molecule has 0 saturated carbocycles. The SMILES string of the molecule is COCCCN(CC(=O)N(CCc1c[nH]c2ccccc12)Cc1ccc(C(C)(C)C)cc1)C(=O)C(C)C. The first-order valence-corrected chi connectivity index (χ1v) is 13.3. The van der Waals surface area contributed by atoms with E-state index in [9.17, 15) is 9.59 Å². The van der Waals surface area contributed by atoms with Crippen molar-refractivity contribution < 1.29 is 14.3 Å². The Bertz CT molecular complexity index is 1160. The van der Waals surface area contributed by atoms with Crippen molar-refractivity contribution in [3.8, 4) is 0 Å². The number of para-hydroxylation sites is 1. The van der Waals surface area contributed by atoms with Gasteiger partial charge in [0.2, 0.25) is 11.8 Å². The van der Waals surface area contributed by atoms with Crippen LogP contribution in [-0.2, 0) is 32.7 Å². The number of carbonyl (C=O) groups excluding carboxylic acids is 2. The number of hydrogen-bond donors (Lipinski definition) is 1. The second-order valence-electron chi connectivity index (χ2n) is 11.1. The van der Waals surface area contributed by atoms with Crippen molar-refractivity contribution in [2.45, 2.75) is 59.4 Å². The molecule has 6 nitrogen and oxygen atoms in total. The van der Waals surface area contributed by atoms with Crippen LogP contribution in [0.1, 0.15) is 57.7 Å². The molecule has 0 aliphatic rings. The molecule has 37 heavy (non-hydrogen) atoms. The number of methoxy groups -OCH3 is 1. The summed E-state index contributed by atoms with van der Waals surface area (Å²) < 4.78 is 5.18. The summed E-state index contributed by atoms with van der Waals surface area (Å²) in [6.07, 6.45) is 3.47. The number of aromatic nitrogens is 1. The average molecular weight is 506 g/mol. The van der Waals surface area contributed by atoms with E-state index in [1.54, 1.807) is 12.0 Å². The highest BCUT2D eigenvalue weighted by atomic mass is 16.5. The molecule has 0 aliphatic heterocycles. The molecule has 1 aromatic heterocycles. The first-order valence-electron chi connectivity index (χ1n) is 13.3. The summed E-state index contributed by atoms with van der Waals surface area (Å²) in [5.74, 6) is -0.207. The number of aromatic amines is 1. The molecule has 2 aromatic carbocycles. The van der Waals surface area contributed by atoms with Gasteiger partial charge in [0.1, 0.15) is 0 Å². The zero-order valence-corrected chi connectivity index (χ0v) is 23.3. The molecule has 3 rings (SSSR count). The third kappa shape index (κ3) is 7.93. The lowest BCUT2D eigenvalue weighted by Gasteiger charge is -2.29. The molecule has 0 fully saturated rings. The molecule has 0 spiro atoms. The quantitative estimate of drug-likeness (QED) is 0.328. The predicted octanol–water partition coefficient (Wildman–Crippen LogP) is 5.56. The van der Waals surface area contributed by atoms with Gasteiger partial charge < -0.3 is 19.5 Å². The van der Waals surface area contributed by atoms with E-state index >= 15 is 0 Å². The zero-order chi connectivity index (χ0) is 27.0. The summed E-state index contributed by atoms with van der Waals surface area (Å²) in [5, 5.41) is 1.18. The van der Waals surface area contributed by atoms with Gasteiger partial charge in [0.15, 0.2) is 0 Å². The van der Waals surface area contributed by atoms with Crippen LogP contribution in [0.25, 0.3) is 10.9 Å². The van der Waals surface area contributed by atoms with Gasteiger partial charge in [-0.1, -0.05) is 77.1 Å². The highest BCUT2D eigenvalue weighted by molar-refractivity contribution is 5.86. The first-order chi connectivity index (χ1) is 17.6. The molecular weight excluding hydrogens is 462 g/mol. The van der Waals surface area contributed by atoms with Gasteiger partial charge >= 0.3 is 0 Å². The molecule has 1 heterocycles. The van der Waals surface area contributed by atoms with Gasteiger partial charge in [-0.3, -0.25) is 9.59 Å². The maximum Gasteiger partial charge on any atom is 0.242 e. The van der Waals surface area contributed by atoms with E-state index in [1.807, 2.05) is 37.1 Å². The number of nitrogens with zero attached hydrogens (tertiary/aromatic N) is 2. The van der Waals surface area contributed by atoms with E-state index in [4.69, 9.17) is 4.74 Å². The van der Waals surface area contributed by atoms with Crippen molar-refractivity contribution >= 4 is 22.7 Å². The Hall–Kier alpha value is -3.12. The van der Waals surface area contributed by atoms with Crippen LogP contribution < -0.4 is 0 Å². The molecule has 0 bridgehead atoms. The van der Waals surface area contributed by atoms with Gasteiger partial charge in [0, 0.05) is 56.4 Å². The molecule has 200 valence electrons. The minimum Gasteiger partial charge on any atom is -0.385 e. The lowest BCUT2D eigenvalue weighted by Crippen LogP contribution is -2.45. The fraction of sp³-hybridized carbons (Fsp3) is 0.484. The number of nitrogens with one attached hydrogen (secondary N) is 1. The van der Waals surface area contributed by atoms with Crippen molar-refractivity contribution in [1.29, 1.82) is 0 Å². The number of carbonyl (C=O) groups is 2. The van der Waals surface area contributed by atoms with Crippen LogP contribution in [-0.4, -0.2) is 59.9 Å². The number of amides is 2. The number of fused-ring (bicyclic) bond motifs is 1. The lowest BCUT2D eigenvalue weighted by atomic mass is 9.87. The maximum atomic E-state index is 13.7. The Labute approximate surface area is 222 Å². The molecule has 0 aliphatic carbocycles. The van der Waals surface area contributed by atoms with Crippen LogP contribution in [0.3, 0.4) is 0 Å². The van der Waals surface area contributed by atoms with Crippen LogP contribution in [0.15, 0.2) is 54.7 Å². The molecule has 0 unspecified atom stereocenters. The van der Waals surface area contributed by atoms with Gasteiger partial charge in [0.05, 0.1) is 6.54 Å². The fourth-order valence-corrected chi connectivity index (χ4v) is 4.51. The minimum atomic E-state index is -0.167. The minimum absolute atomic E-state index is 0.00411. The summed E-state index contributed by atoms with van der Waals surface area (Å²) >= 11 is 0. The molecule has 1 N–H and O–H groups in total. The highest BCUT2D eigenvalue weighted by Crippen LogP contribution is 2.23. The van der Waals surface area contributed by atoms with Crippen LogP contribution in [0, 0.1) is 5.92 Å². The Morgan fingerprint density at radius 3 is 2.32 bits per heavy atom. The van der Waals surface area contributed by atoms with E-state index in [2.05, 4.69) is 62.2 Å². The van der Waals surface area contributed by atoms with E-state index in [1.165, 1.54) is 16.5 Å². The Morgan fingerprint density at radius 1 is 0.973 bits per heavy atom. The van der Waals surface area contributed by atoms with Crippen molar-refractivity contribution in [1.82, 2.24) is 14.8 Å². The smallest absolute Gasteiger partial charge is 0.242 e. The van der Waals surface area contributed by atoms with Gasteiger partial charge in [-0.25, -0.2) is 0 Å². The molecule has 3 aromatic rings. The highest BCUT2D eigenvalue weighted by Gasteiger charge is 2.23. The molecular formula is C31H43N3O3. The second-order valence-corrected chi connectivity index (χ2v) is 11.1. The Morgan fingerprint density at radius 2 is 1.68 bits per heavy atom. The van der Waals surface area contributed by atoms with Crippen molar-refractivity contribution in [2.24, 2.45) is 5.92 Å². The van der Waals surface area contributed by atoms with E-state index in [0.29, 0.717) is 32.7 Å². The topological polar surface area (TPSA) is 65.6 Å². The van der Waals surface area contributed by atoms with E-state index < -0.39 is 0 Å². The van der Waals surface area contributed by atoms with Gasteiger partial charge in [-0.15, -0.1) is 0 Å². The number of H-pyrrole nitrogens is 1. The standard InChI is InChI=1S/C31H43N3O3/c1-23(2)30(36)34(17-9-19-37-6)22-29(35)33(21-24-12-14-26(15-13-24)31(3,4)5)18-16-25-20-32-28-11-8-7-10-27(25)28/h7-8,10-15,20,23,32H,9,16-19,21-22H2,1-6H3. The Balaban J connectivity index is 1.80. The lowest BCUT2D eigenvalue weighted by molar-refractivity contribution is -0.142. The van der Waals surface area contributed by atoms with Crippen molar-refractivity contribution in [2.75, 3.05) is 33.4 Å². The molecule has 0 saturated heterocycles. The number of ether oxygens (including phenoxy) is 1. The summed E-state index contributed by atoms with van der Waals surface area (Å²) in [7, 11) is 1.65. The number of hydrogen-bond acceptors (Lipinski definition) is 3. The summed E-state index contributed by atoms with van der Waals surface area (Å²) in [5.41, 5.74) is 4.70. The Kier molecular flexibility index (Phi) is 9.93. The maximum absolute atomic E-state index is 13.7. The molecule has 0 radical (unpaired) electrons. The zero-order valence-electron chi connectivity index (χ0n) is 23.3. The third-order valence-corrected chi connectivity index (χ3v) is 6.78. The second kappa shape index (κ2) is 12.9. The largest absolute Gasteiger partial charge is 0.385 e. The predicted molar refractivity (Wildman–Crippen MR) is 150 cm³/mol. The normalized spacial score (nSPS) is 11.8. The number of rotatable bonds is 12. The monoisotopic (exact) mass is 505 g/mol. The van der Waals surface area contributed by atoms with Crippen LogP contribution in [0.4, 0.5) is 0 Å². The number of benzene rings is 2. The first kappa shape index (κ1) is 28.5. The molecule has 0 atom stereocenters. The van der Waals surface area contributed by atoms with Gasteiger partial charge in [0.25, 0.3) is 0 Å². The van der Waals surface area contributed by atoms with E-state index in [-0.39, 0.29) is 29.7 Å². The molecule has 6 heteroatoms. The third-order valence-electron chi connectivity index (χ3n) is 6.78. The fourth-order valence-electron chi connectivity index (χ4n) is 4.51. The molecule has 2 amide bonds. The van der Waals surface area contributed by atoms with Crippen molar-refractivity contribution in [3.63, 3.8) is 0 Å². The van der Waals surface area contributed by atoms with Crippen LogP contribution in [0.2, 0.25) is 0 Å². The van der Waals surface area contributed by atoms with Crippen molar-refractivity contribution in [3.05, 3.63) is 71.4 Å².